The van der Waals surface area contributed by atoms with Crippen LogP contribution in [0.5, 0.6) is 0 Å². The second kappa shape index (κ2) is 9.00. The zero-order chi connectivity index (χ0) is 24.1. The van der Waals surface area contributed by atoms with Crippen molar-refractivity contribution in [1.82, 2.24) is 4.90 Å². The minimum Gasteiger partial charge on any atom is -0.466 e. The fourth-order valence-electron chi connectivity index (χ4n) is 5.75. The molecule has 3 saturated heterocycles. The standard InChI is InChI=1S/C24H31BrN2O6/c1-5-14(11-28)27-20(21(29)26-16-9-12(3)7-8-13(16)4)24-10-15(25)19(33-24)17(18(24)22(27)30)23(31)32-6-2/h7-9,14-15,17-20,28H,5-6,10-11H2,1-4H3,(H,26,29)/t14-,15?,17-,18+,19-,20-,24+/m0/s1. The number of amides is 2. The highest BCUT2D eigenvalue weighted by Gasteiger charge is 2.77. The third-order valence-electron chi connectivity index (χ3n) is 7.26. The van der Waals surface area contributed by atoms with Crippen LogP contribution in [0.15, 0.2) is 18.2 Å². The van der Waals surface area contributed by atoms with E-state index < -0.39 is 41.6 Å². The number of likely N-dealkylation sites (tertiary alicyclic amines) is 1. The zero-order valence-electron chi connectivity index (χ0n) is 19.3. The van der Waals surface area contributed by atoms with E-state index in [4.69, 9.17) is 9.47 Å². The average Bonchev–Trinajstić information content (AvgIpc) is 3.36. The van der Waals surface area contributed by atoms with Gasteiger partial charge in [-0.3, -0.25) is 14.4 Å². The summed E-state index contributed by atoms with van der Waals surface area (Å²) in [5.74, 6) is -2.83. The number of esters is 1. The monoisotopic (exact) mass is 522 g/mol. The Morgan fingerprint density at radius 2 is 2.09 bits per heavy atom. The lowest BCUT2D eigenvalue weighted by atomic mass is 9.70. The number of fused-ring (bicyclic) bond motifs is 1. The summed E-state index contributed by atoms with van der Waals surface area (Å²) in [7, 11) is 0. The fraction of sp³-hybridized carbons (Fsp3) is 0.625. The summed E-state index contributed by atoms with van der Waals surface area (Å²) in [5.41, 5.74) is 1.38. The third kappa shape index (κ3) is 3.68. The Morgan fingerprint density at radius 1 is 1.36 bits per heavy atom. The van der Waals surface area contributed by atoms with Crippen LogP contribution in [0.25, 0.3) is 0 Å². The quantitative estimate of drug-likeness (QED) is 0.420. The molecule has 0 aliphatic carbocycles. The highest BCUT2D eigenvalue weighted by atomic mass is 79.9. The van der Waals surface area contributed by atoms with Gasteiger partial charge in [-0.1, -0.05) is 35.0 Å². The summed E-state index contributed by atoms with van der Waals surface area (Å²) in [6, 6.07) is 4.23. The highest BCUT2D eigenvalue weighted by Crippen LogP contribution is 2.60. The minimum atomic E-state index is -1.17. The fourth-order valence-corrected chi connectivity index (χ4v) is 6.70. The Labute approximate surface area is 202 Å². The molecule has 3 heterocycles. The maximum absolute atomic E-state index is 13.8. The first-order valence-electron chi connectivity index (χ1n) is 11.5. The van der Waals surface area contributed by atoms with E-state index in [1.807, 2.05) is 39.0 Å². The summed E-state index contributed by atoms with van der Waals surface area (Å²) >= 11 is 3.62. The SMILES string of the molecule is CCOC(=O)[C@@H]1[C@H]2O[C@@]3(CC2Br)[C@H](C(=O)Nc2cc(C)ccc2C)N([C@@H](CC)CO)C(=O)[C@@H]13. The van der Waals surface area contributed by atoms with Crippen molar-refractivity contribution in [2.24, 2.45) is 11.8 Å². The second-order valence-corrected chi connectivity index (χ2v) is 10.4. The number of benzene rings is 1. The maximum Gasteiger partial charge on any atom is 0.312 e. The van der Waals surface area contributed by atoms with Gasteiger partial charge in [0.2, 0.25) is 11.8 Å². The summed E-state index contributed by atoms with van der Waals surface area (Å²) in [6.45, 7) is 7.32. The lowest BCUT2D eigenvalue weighted by molar-refractivity contribution is -0.155. The van der Waals surface area contributed by atoms with Crippen molar-refractivity contribution in [3.8, 4) is 0 Å². The zero-order valence-corrected chi connectivity index (χ0v) is 20.9. The maximum atomic E-state index is 13.8. The van der Waals surface area contributed by atoms with Crippen LogP contribution < -0.4 is 5.32 Å². The molecular formula is C24H31BrN2O6. The van der Waals surface area contributed by atoms with Gasteiger partial charge >= 0.3 is 5.97 Å². The Morgan fingerprint density at radius 3 is 2.73 bits per heavy atom. The lowest BCUT2D eigenvalue weighted by Crippen LogP contribution is -2.56. The number of alkyl halides is 1. The molecule has 2 amide bonds. The van der Waals surface area contributed by atoms with Gasteiger partial charge in [-0.05, 0) is 50.8 Å². The van der Waals surface area contributed by atoms with Crippen molar-refractivity contribution in [2.45, 2.75) is 69.2 Å². The van der Waals surface area contributed by atoms with E-state index in [0.717, 1.165) is 11.1 Å². The molecule has 3 fully saturated rings. The predicted molar refractivity (Wildman–Crippen MR) is 125 cm³/mol. The molecule has 2 bridgehead atoms. The number of aliphatic hydroxyl groups is 1. The Kier molecular flexibility index (Phi) is 6.59. The van der Waals surface area contributed by atoms with Crippen LogP contribution in [0.4, 0.5) is 5.69 Å². The van der Waals surface area contributed by atoms with Gasteiger partial charge in [-0.2, -0.15) is 0 Å². The summed E-state index contributed by atoms with van der Waals surface area (Å²) in [5, 5.41) is 13.0. The number of hydrogen-bond acceptors (Lipinski definition) is 6. The second-order valence-electron chi connectivity index (χ2n) is 9.21. The van der Waals surface area contributed by atoms with Crippen LogP contribution in [-0.2, 0) is 23.9 Å². The smallest absolute Gasteiger partial charge is 0.312 e. The predicted octanol–water partition coefficient (Wildman–Crippen LogP) is 2.32. The lowest BCUT2D eigenvalue weighted by Gasteiger charge is -2.36. The molecule has 1 unspecified atom stereocenters. The summed E-state index contributed by atoms with van der Waals surface area (Å²) < 4.78 is 11.7. The van der Waals surface area contributed by atoms with Crippen LogP contribution in [-0.4, -0.2) is 69.6 Å². The number of halogens is 1. The van der Waals surface area contributed by atoms with Gasteiger partial charge in [0.25, 0.3) is 0 Å². The molecule has 9 heteroatoms. The van der Waals surface area contributed by atoms with Gasteiger partial charge in [-0.25, -0.2) is 0 Å². The number of nitrogens with one attached hydrogen (secondary N) is 1. The average molecular weight is 523 g/mol. The van der Waals surface area contributed by atoms with E-state index >= 15 is 0 Å². The molecule has 1 spiro atoms. The van der Waals surface area contributed by atoms with E-state index in [1.165, 1.54) is 4.90 Å². The van der Waals surface area contributed by atoms with Crippen molar-refractivity contribution < 1.29 is 29.0 Å². The number of aryl methyl sites for hydroxylation is 2. The number of ether oxygens (including phenoxy) is 2. The third-order valence-corrected chi connectivity index (χ3v) is 8.11. The molecule has 1 aromatic rings. The topological polar surface area (TPSA) is 105 Å². The van der Waals surface area contributed by atoms with Crippen LogP contribution >= 0.6 is 15.9 Å². The van der Waals surface area contributed by atoms with Gasteiger partial charge in [-0.15, -0.1) is 0 Å². The Hall–Kier alpha value is -1.97. The Balaban J connectivity index is 1.78. The van der Waals surface area contributed by atoms with Crippen LogP contribution in [0.1, 0.15) is 37.8 Å². The molecule has 8 nitrogen and oxygen atoms in total. The van der Waals surface area contributed by atoms with E-state index in [2.05, 4.69) is 21.2 Å². The van der Waals surface area contributed by atoms with Crippen LogP contribution in [0.3, 0.4) is 0 Å². The molecule has 3 aliphatic heterocycles. The number of carbonyl (C=O) groups is 3. The number of hydrogen-bond donors (Lipinski definition) is 2. The van der Waals surface area contributed by atoms with E-state index in [-0.39, 0.29) is 29.9 Å². The summed E-state index contributed by atoms with van der Waals surface area (Å²) in [4.78, 5) is 41.7. The normalized spacial score (nSPS) is 33.2. The van der Waals surface area contributed by atoms with Crippen molar-refractivity contribution in [2.75, 3.05) is 18.5 Å². The van der Waals surface area contributed by atoms with Crippen molar-refractivity contribution in [1.29, 1.82) is 0 Å². The van der Waals surface area contributed by atoms with Gasteiger partial charge in [0.05, 0.1) is 37.2 Å². The molecule has 4 rings (SSSR count). The van der Waals surface area contributed by atoms with Gasteiger partial charge in [0, 0.05) is 10.5 Å². The molecule has 1 aromatic carbocycles. The van der Waals surface area contributed by atoms with E-state index in [1.54, 1.807) is 6.92 Å². The first-order chi connectivity index (χ1) is 15.7. The van der Waals surface area contributed by atoms with Crippen molar-refractivity contribution in [3.05, 3.63) is 29.3 Å². The van der Waals surface area contributed by atoms with Gasteiger partial charge in [0.15, 0.2) is 0 Å². The number of nitrogens with zero attached hydrogens (tertiary/aromatic N) is 1. The van der Waals surface area contributed by atoms with Crippen molar-refractivity contribution in [3.63, 3.8) is 0 Å². The molecule has 7 atom stereocenters. The van der Waals surface area contributed by atoms with Crippen LogP contribution in [0.2, 0.25) is 0 Å². The molecule has 180 valence electrons. The molecule has 3 aliphatic rings. The van der Waals surface area contributed by atoms with E-state index in [9.17, 15) is 19.5 Å². The molecule has 33 heavy (non-hydrogen) atoms. The van der Waals surface area contributed by atoms with Gasteiger partial charge < -0.3 is 24.8 Å². The molecule has 0 radical (unpaired) electrons. The molecule has 0 aromatic heterocycles. The highest BCUT2D eigenvalue weighted by molar-refractivity contribution is 9.09. The minimum absolute atomic E-state index is 0.192. The Bertz CT molecular complexity index is 966. The number of rotatable bonds is 7. The van der Waals surface area contributed by atoms with E-state index in [0.29, 0.717) is 18.5 Å². The first-order valence-corrected chi connectivity index (χ1v) is 12.4. The number of anilines is 1. The molecule has 2 N–H and O–H groups in total. The van der Waals surface area contributed by atoms with Crippen molar-refractivity contribution >= 4 is 39.4 Å². The molecular weight excluding hydrogens is 492 g/mol. The van der Waals surface area contributed by atoms with Gasteiger partial charge in [0.1, 0.15) is 11.6 Å². The number of carbonyl (C=O) groups excluding carboxylic acids is 3. The van der Waals surface area contributed by atoms with Crippen LogP contribution in [0, 0.1) is 25.7 Å². The molecule has 0 saturated carbocycles. The number of aliphatic hydroxyl groups excluding tert-OH is 1. The summed E-state index contributed by atoms with van der Waals surface area (Å²) in [6.07, 6.45) is 0.321. The first kappa shape index (κ1) is 24.2. The largest absolute Gasteiger partial charge is 0.466 e.